The molecule has 0 spiro atoms. The lowest BCUT2D eigenvalue weighted by atomic mass is 9.92. The quantitative estimate of drug-likeness (QED) is 0.714. The third kappa shape index (κ3) is 2.81. The molecule has 1 atom stereocenters. The molecule has 1 unspecified atom stereocenters. The minimum absolute atomic E-state index is 0.188. The van der Waals surface area contributed by atoms with Crippen molar-refractivity contribution in [1.29, 1.82) is 0 Å². The molecule has 0 fully saturated rings. The van der Waals surface area contributed by atoms with Gasteiger partial charge in [0.25, 0.3) is 0 Å². The zero-order chi connectivity index (χ0) is 13.1. The first-order valence-corrected chi connectivity index (χ1v) is 6.57. The molecule has 2 heteroatoms. The van der Waals surface area contributed by atoms with Crippen LogP contribution >= 0.6 is 0 Å². The van der Waals surface area contributed by atoms with Gasteiger partial charge in [-0.05, 0) is 24.3 Å². The number of ketones is 1. The van der Waals surface area contributed by atoms with Gasteiger partial charge in [0.2, 0.25) is 0 Å². The van der Waals surface area contributed by atoms with E-state index in [-0.39, 0.29) is 5.78 Å². The lowest BCUT2D eigenvalue weighted by molar-refractivity contribution is 0.0961. The van der Waals surface area contributed by atoms with E-state index in [0.717, 1.165) is 23.0 Å². The molecule has 0 N–H and O–H groups in total. The van der Waals surface area contributed by atoms with Crippen molar-refractivity contribution in [3.8, 4) is 0 Å². The highest BCUT2D eigenvalue weighted by Gasteiger charge is 2.16. The highest BCUT2D eigenvalue weighted by Crippen LogP contribution is 2.24. The van der Waals surface area contributed by atoms with Gasteiger partial charge in [0, 0.05) is 11.8 Å². The Labute approximate surface area is 108 Å². The van der Waals surface area contributed by atoms with Crippen LogP contribution in [0.25, 0.3) is 11.0 Å². The summed E-state index contributed by atoms with van der Waals surface area (Å²) in [6.07, 6.45) is 3.28. The SMILES string of the molecule is CC(C)CC(C)CC(=O)c1coc2ccccc12. The van der Waals surface area contributed by atoms with Crippen LogP contribution in [0, 0.1) is 11.8 Å². The molecular formula is C16H20O2. The van der Waals surface area contributed by atoms with E-state index in [4.69, 9.17) is 4.42 Å². The summed E-state index contributed by atoms with van der Waals surface area (Å²) in [6.45, 7) is 6.52. The number of para-hydroxylation sites is 1. The largest absolute Gasteiger partial charge is 0.464 e. The van der Waals surface area contributed by atoms with Gasteiger partial charge in [-0.3, -0.25) is 4.79 Å². The monoisotopic (exact) mass is 244 g/mol. The van der Waals surface area contributed by atoms with Gasteiger partial charge in [-0.15, -0.1) is 0 Å². The number of rotatable bonds is 5. The van der Waals surface area contributed by atoms with Crippen molar-refractivity contribution in [2.24, 2.45) is 11.8 Å². The van der Waals surface area contributed by atoms with Crippen molar-refractivity contribution >= 4 is 16.8 Å². The molecule has 2 nitrogen and oxygen atoms in total. The summed E-state index contributed by atoms with van der Waals surface area (Å²) in [5.74, 6) is 1.24. The predicted molar refractivity (Wildman–Crippen MR) is 73.8 cm³/mol. The fourth-order valence-corrected chi connectivity index (χ4v) is 2.51. The maximum Gasteiger partial charge on any atom is 0.166 e. The van der Waals surface area contributed by atoms with Gasteiger partial charge in [-0.25, -0.2) is 0 Å². The van der Waals surface area contributed by atoms with E-state index in [2.05, 4.69) is 20.8 Å². The molecule has 1 heterocycles. The van der Waals surface area contributed by atoms with Crippen LogP contribution in [0.5, 0.6) is 0 Å². The Kier molecular flexibility index (Phi) is 3.85. The van der Waals surface area contributed by atoms with E-state index in [1.165, 1.54) is 0 Å². The summed E-state index contributed by atoms with van der Waals surface area (Å²) in [7, 11) is 0. The van der Waals surface area contributed by atoms with Crippen LogP contribution in [-0.4, -0.2) is 5.78 Å². The molecule has 18 heavy (non-hydrogen) atoms. The molecule has 0 saturated heterocycles. The first-order chi connectivity index (χ1) is 8.58. The van der Waals surface area contributed by atoms with Crippen molar-refractivity contribution in [2.75, 3.05) is 0 Å². The predicted octanol–water partition coefficient (Wildman–Crippen LogP) is 4.69. The third-order valence-corrected chi connectivity index (χ3v) is 3.19. The minimum atomic E-state index is 0.188. The molecule has 0 radical (unpaired) electrons. The van der Waals surface area contributed by atoms with E-state index in [1.54, 1.807) is 6.26 Å². The molecular weight excluding hydrogens is 224 g/mol. The number of Topliss-reactive ketones (excluding diaryl/α,β-unsaturated/α-hetero) is 1. The van der Waals surface area contributed by atoms with Crippen LogP contribution in [0.1, 0.15) is 44.0 Å². The number of hydrogen-bond acceptors (Lipinski definition) is 2. The topological polar surface area (TPSA) is 30.2 Å². The van der Waals surface area contributed by atoms with Gasteiger partial charge in [0.05, 0.1) is 5.56 Å². The Morgan fingerprint density at radius 1 is 1.22 bits per heavy atom. The van der Waals surface area contributed by atoms with Crippen LogP contribution in [0.4, 0.5) is 0 Å². The second-order valence-corrected chi connectivity index (χ2v) is 5.51. The van der Waals surface area contributed by atoms with Crippen LogP contribution in [-0.2, 0) is 0 Å². The molecule has 0 amide bonds. The smallest absolute Gasteiger partial charge is 0.166 e. The molecule has 0 bridgehead atoms. The van der Waals surface area contributed by atoms with Gasteiger partial charge in [0.1, 0.15) is 11.8 Å². The van der Waals surface area contributed by atoms with Crippen molar-refractivity contribution < 1.29 is 9.21 Å². The Hall–Kier alpha value is -1.57. The molecule has 2 aromatic rings. The second-order valence-electron chi connectivity index (χ2n) is 5.51. The van der Waals surface area contributed by atoms with Gasteiger partial charge >= 0.3 is 0 Å². The highest BCUT2D eigenvalue weighted by atomic mass is 16.3. The zero-order valence-corrected chi connectivity index (χ0v) is 11.3. The van der Waals surface area contributed by atoms with Crippen molar-refractivity contribution in [3.63, 3.8) is 0 Å². The third-order valence-electron chi connectivity index (χ3n) is 3.19. The second kappa shape index (κ2) is 5.38. The minimum Gasteiger partial charge on any atom is -0.464 e. The van der Waals surface area contributed by atoms with Gasteiger partial charge in [-0.1, -0.05) is 39.0 Å². The number of fused-ring (bicyclic) bond motifs is 1. The summed E-state index contributed by atoms with van der Waals surface area (Å²) in [4.78, 5) is 12.3. The maximum absolute atomic E-state index is 12.3. The highest BCUT2D eigenvalue weighted by molar-refractivity contribution is 6.07. The van der Waals surface area contributed by atoms with Crippen LogP contribution < -0.4 is 0 Å². The van der Waals surface area contributed by atoms with E-state index in [1.807, 2.05) is 24.3 Å². The normalized spacial score (nSPS) is 13.1. The molecule has 96 valence electrons. The first kappa shape index (κ1) is 12.9. The van der Waals surface area contributed by atoms with Crippen LogP contribution in [0.3, 0.4) is 0 Å². The maximum atomic E-state index is 12.3. The average Bonchev–Trinajstić information content (AvgIpc) is 2.71. The van der Waals surface area contributed by atoms with E-state index < -0.39 is 0 Å². The molecule has 0 aliphatic carbocycles. The van der Waals surface area contributed by atoms with Crippen molar-refractivity contribution in [2.45, 2.75) is 33.6 Å². The molecule has 1 aromatic carbocycles. The molecule has 0 aliphatic heterocycles. The fraction of sp³-hybridized carbons (Fsp3) is 0.438. The summed E-state index contributed by atoms with van der Waals surface area (Å²) in [5, 5.41) is 0.930. The Bertz CT molecular complexity index is 537. The van der Waals surface area contributed by atoms with E-state index in [0.29, 0.717) is 18.3 Å². The van der Waals surface area contributed by atoms with Crippen LogP contribution in [0.15, 0.2) is 34.9 Å². The Morgan fingerprint density at radius 2 is 1.94 bits per heavy atom. The number of carbonyl (C=O) groups is 1. The van der Waals surface area contributed by atoms with Gasteiger partial charge in [-0.2, -0.15) is 0 Å². The molecule has 0 aliphatic rings. The van der Waals surface area contributed by atoms with E-state index in [9.17, 15) is 4.79 Å². The lowest BCUT2D eigenvalue weighted by Gasteiger charge is -2.12. The lowest BCUT2D eigenvalue weighted by Crippen LogP contribution is -2.08. The van der Waals surface area contributed by atoms with Crippen LogP contribution in [0.2, 0.25) is 0 Å². The van der Waals surface area contributed by atoms with Crippen molar-refractivity contribution in [1.82, 2.24) is 0 Å². The number of furan rings is 1. The standard InChI is InChI=1S/C16H20O2/c1-11(2)8-12(3)9-15(17)14-10-18-16-7-5-4-6-13(14)16/h4-7,10-12H,8-9H2,1-3H3. The molecule has 2 rings (SSSR count). The Morgan fingerprint density at radius 3 is 2.67 bits per heavy atom. The van der Waals surface area contributed by atoms with E-state index >= 15 is 0 Å². The summed E-state index contributed by atoms with van der Waals surface area (Å²) in [5.41, 5.74) is 1.51. The zero-order valence-electron chi connectivity index (χ0n) is 11.3. The summed E-state index contributed by atoms with van der Waals surface area (Å²) in [6, 6.07) is 7.69. The summed E-state index contributed by atoms with van der Waals surface area (Å²) >= 11 is 0. The fourth-order valence-electron chi connectivity index (χ4n) is 2.51. The van der Waals surface area contributed by atoms with Gasteiger partial charge < -0.3 is 4.42 Å². The average molecular weight is 244 g/mol. The number of benzene rings is 1. The van der Waals surface area contributed by atoms with Gasteiger partial charge in [0.15, 0.2) is 5.78 Å². The Balaban J connectivity index is 2.14. The van der Waals surface area contributed by atoms with Crippen molar-refractivity contribution in [3.05, 3.63) is 36.1 Å². The number of hydrogen-bond donors (Lipinski definition) is 0. The molecule has 0 saturated carbocycles. The molecule has 1 aromatic heterocycles. The first-order valence-electron chi connectivity index (χ1n) is 6.57. The summed E-state index contributed by atoms with van der Waals surface area (Å²) < 4.78 is 5.41. The number of carbonyl (C=O) groups excluding carboxylic acids is 1.